The van der Waals surface area contributed by atoms with Crippen LogP contribution >= 0.6 is 23.2 Å². The zero-order valence-corrected chi connectivity index (χ0v) is 20.7. The Bertz CT molecular complexity index is 1450. The fourth-order valence-electron chi connectivity index (χ4n) is 3.92. The Morgan fingerprint density at radius 1 is 0.706 bits per heavy atom. The number of aromatic nitrogens is 3. The van der Waals surface area contributed by atoms with E-state index >= 15 is 0 Å². The van der Waals surface area contributed by atoms with Crippen LogP contribution in [0.1, 0.15) is 26.3 Å². The van der Waals surface area contributed by atoms with Crippen LogP contribution in [0.25, 0.3) is 16.7 Å². The van der Waals surface area contributed by atoms with Gasteiger partial charge < -0.3 is 4.90 Å². The second-order valence-corrected chi connectivity index (χ2v) is 9.99. The predicted octanol–water partition coefficient (Wildman–Crippen LogP) is 8.49. The van der Waals surface area contributed by atoms with Crippen molar-refractivity contribution in [2.45, 2.75) is 26.2 Å². The van der Waals surface area contributed by atoms with Crippen molar-refractivity contribution >= 4 is 51.3 Å². The summed E-state index contributed by atoms with van der Waals surface area (Å²) in [5, 5.41) is 10.5. The van der Waals surface area contributed by atoms with Crippen LogP contribution in [0.2, 0.25) is 10.0 Å². The van der Waals surface area contributed by atoms with E-state index in [1.807, 2.05) is 60.7 Å². The van der Waals surface area contributed by atoms with Crippen LogP contribution in [0.3, 0.4) is 0 Å². The Labute approximate surface area is 209 Å². The van der Waals surface area contributed by atoms with Gasteiger partial charge in [0, 0.05) is 11.4 Å². The van der Waals surface area contributed by atoms with E-state index in [0.717, 1.165) is 33.8 Å². The van der Waals surface area contributed by atoms with Gasteiger partial charge in [-0.05, 0) is 65.6 Å². The number of benzene rings is 4. The molecule has 5 rings (SSSR count). The largest absolute Gasteiger partial charge is 0.309 e. The first-order valence-corrected chi connectivity index (χ1v) is 11.8. The first-order chi connectivity index (χ1) is 16.3. The lowest BCUT2D eigenvalue weighted by atomic mass is 9.87. The third-order valence-electron chi connectivity index (χ3n) is 5.77. The quantitative estimate of drug-likeness (QED) is 0.255. The van der Waals surface area contributed by atoms with Gasteiger partial charge in [-0.3, -0.25) is 0 Å². The number of para-hydroxylation sites is 1. The minimum atomic E-state index is 0.0954. The van der Waals surface area contributed by atoms with Gasteiger partial charge >= 0.3 is 0 Å². The fraction of sp³-hybridized carbons (Fsp3) is 0.143. The molecule has 0 aliphatic rings. The van der Waals surface area contributed by atoms with Crippen LogP contribution in [-0.2, 0) is 5.41 Å². The van der Waals surface area contributed by atoms with Crippen molar-refractivity contribution in [2.75, 3.05) is 4.90 Å². The van der Waals surface area contributed by atoms with Gasteiger partial charge in [0.05, 0.1) is 21.4 Å². The number of fused-ring (bicyclic) bond motifs is 1. The molecule has 0 N–H and O–H groups in total. The maximum absolute atomic E-state index is 6.63. The van der Waals surface area contributed by atoms with Crippen LogP contribution in [0.5, 0.6) is 0 Å². The summed E-state index contributed by atoms with van der Waals surface area (Å²) in [4.78, 5) is 3.75. The maximum atomic E-state index is 6.63. The molecule has 0 aliphatic carbocycles. The third-order valence-corrected chi connectivity index (χ3v) is 6.58. The maximum Gasteiger partial charge on any atom is 0.115 e. The van der Waals surface area contributed by atoms with Crippen LogP contribution in [0.4, 0.5) is 17.1 Å². The van der Waals surface area contributed by atoms with Crippen molar-refractivity contribution in [3.05, 3.63) is 107 Å². The van der Waals surface area contributed by atoms with Gasteiger partial charge in [-0.2, -0.15) is 4.80 Å². The molecule has 0 saturated carbocycles. The van der Waals surface area contributed by atoms with Gasteiger partial charge in [-0.1, -0.05) is 80.4 Å². The lowest BCUT2D eigenvalue weighted by Crippen LogP contribution is -2.11. The molecule has 0 unspecified atom stereocenters. The van der Waals surface area contributed by atoms with E-state index in [4.69, 9.17) is 33.4 Å². The van der Waals surface area contributed by atoms with Crippen molar-refractivity contribution in [2.24, 2.45) is 0 Å². The summed E-state index contributed by atoms with van der Waals surface area (Å²) in [5.41, 5.74) is 6.57. The van der Waals surface area contributed by atoms with Gasteiger partial charge in [0.1, 0.15) is 11.0 Å². The Morgan fingerprint density at radius 3 is 2.12 bits per heavy atom. The Balaban J connectivity index is 1.59. The van der Waals surface area contributed by atoms with Crippen LogP contribution in [-0.4, -0.2) is 15.0 Å². The first-order valence-electron chi connectivity index (χ1n) is 11.1. The minimum absolute atomic E-state index is 0.0954. The number of nitrogens with zero attached hydrogens (tertiary/aromatic N) is 4. The second-order valence-electron chi connectivity index (χ2n) is 9.20. The summed E-state index contributed by atoms with van der Waals surface area (Å²) in [6.07, 6.45) is 0. The van der Waals surface area contributed by atoms with Crippen LogP contribution in [0.15, 0.2) is 91.0 Å². The molecular weight excluding hydrogens is 463 g/mol. The molecule has 0 bridgehead atoms. The standard InChI is InChI=1S/C28H24Cl2N4/c1-28(2,3)19-12-14-21(15-13-19)34-31-24-17-16-22(18-25(24)32-34)33(20-8-5-4-6-9-20)26-11-7-10-23(29)27(26)30/h4-18H,1-3H3. The van der Waals surface area contributed by atoms with Crippen LogP contribution in [0, 0.1) is 0 Å². The number of halogens is 2. The van der Waals surface area contributed by atoms with Gasteiger partial charge in [0.2, 0.25) is 0 Å². The molecule has 0 aliphatic heterocycles. The van der Waals surface area contributed by atoms with E-state index in [-0.39, 0.29) is 5.41 Å². The summed E-state index contributed by atoms with van der Waals surface area (Å²) in [6, 6.07) is 30.1. The van der Waals surface area contributed by atoms with Gasteiger partial charge in [0.15, 0.2) is 0 Å². The number of hydrogen-bond acceptors (Lipinski definition) is 3. The van der Waals surface area contributed by atoms with E-state index in [2.05, 4.69) is 49.9 Å². The highest BCUT2D eigenvalue weighted by molar-refractivity contribution is 6.43. The number of hydrogen-bond donors (Lipinski definition) is 0. The van der Waals surface area contributed by atoms with E-state index < -0.39 is 0 Å². The average molecular weight is 487 g/mol. The van der Waals surface area contributed by atoms with Gasteiger partial charge in [-0.25, -0.2) is 0 Å². The van der Waals surface area contributed by atoms with Gasteiger partial charge in [-0.15, -0.1) is 10.2 Å². The van der Waals surface area contributed by atoms with Crippen molar-refractivity contribution in [1.82, 2.24) is 15.0 Å². The van der Waals surface area contributed by atoms with E-state index in [1.165, 1.54) is 5.56 Å². The lowest BCUT2D eigenvalue weighted by Gasteiger charge is -2.26. The van der Waals surface area contributed by atoms with Crippen LogP contribution < -0.4 is 4.90 Å². The SMILES string of the molecule is CC(C)(C)c1ccc(-n2nc3ccc(N(c4ccccc4)c4cccc(Cl)c4Cl)cc3n2)cc1. The number of rotatable bonds is 4. The summed E-state index contributed by atoms with van der Waals surface area (Å²) in [6.45, 7) is 6.61. The summed E-state index contributed by atoms with van der Waals surface area (Å²) in [5.74, 6) is 0. The molecule has 5 aromatic rings. The average Bonchev–Trinajstić information content (AvgIpc) is 3.26. The van der Waals surface area contributed by atoms with E-state index in [9.17, 15) is 0 Å². The molecule has 4 aromatic carbocycles. The molecule has 0 radical (unpaired) electrons. The normalized spacial score (nSPS) is 11.7. The lowest BCUT2D eigenvalue weighted by molar-refractivity contribution is 0.589. The molecule has 170 valence electrons. The van der Waals surface area contributed by atoms with Crippen molar-refractivity contribution in [3.8, 4) is 5.69 Å². The molecule has 0 fully saturated rings. The molecule has 0 amide bonds. The monoisotopic (exact) mass is 486 g/mol. The number of anilines is 3. The fourth-order valence-corrected chi connectivity index (χ4v) is 4.30. The molecule has 4 nitrogen and oxygen atoms in total. The van der Waals surface area contributed by atoms with Crippen molar-refractivity contribution < 1.29 is 0 Å². The topological polar surface area (TPSA) is 34.0 Å². The summed E-state index contributed by atoms with van der Waals surface area (Å²) in [7, 11) is 0. The predicted molar refractivity (Wildman–Crippen MR) is 142 cm³/mol. The van der Waals surface area contributed by atoms with E-state index in [1.54, 1.807) is 10.9 Å². The molecule has 0 atom stereocenters. The van der Waals surface area contributed by atoms with E-state index in [0.29, 0.717) is 10.0 Å². The summed E-state index contributed by atoms with van der Waals surface area (Å²) >= 11 is 13.0. The summed E-state index contributed by atoms with van der Waals surface area (Å²) < 4.78 is 0. The zero-order valence-electron chi connectivity index (χ0n) is 19.2. The molecular formula is C28H24Cl2N4. The third kappa shape index (κ3) is 4.27. The Morgan fingerprint density at radius 2 is 1.41 bits per heavy atom. The highest BCUT2D eigenvalue weighted by atomic mass is 35.5. The zero-order chi connectivity index (χ0) is 23.9. The second kappa shape index (κ2) is 8.79. The molecule has 0 spiro atoms. The smallest absolute Gasteiger partial charge is 0.115 e. The molecule has 1 aromatic heterocycles. The molecule has 0 saturated heterocycles. The van der Waals surface area contributed by atoms with Crippen molar-refractivity contribution in [3.63, 3.8) is 0 Å². The molecule has 34 heavy (non-hydrogen) atoms. The molecule has 1 heterocycles. The minimum Gasteiger partial charge on any atom is -0.309 e. The highest BCUT2D eigenvalue weighted by Gasteiger charge is 2.18. The molecule has 6 heteroatoms. The first kappa shape index (κ1) is 22.5. The Hall–Kier alpha value is -3.34. The highest BCUT2D eigenvalue weighted by Crippen LogP contribution is 2.41. The Kier molecular flexibility index (Phi) is 5.80. The van der Waals surface area contributed by atoms with Crippen molar-refractivity contribution in [1.29, 1.82) is 0 Å². The van der Waals surface area contributed by atoms with Gasteiger partial charge in [0.25, 0.3) is 0 Å².